The SMILES string of the molecule is COc1cc(NC(=O)[C@@H]2CC(=O)N(C)[C@@H]2c2ccccc2)cc(OC)c1. The average molecular weight is 354 g/mol. The molecular weight excluding hydrogens is 332 g/mol. The zero-order valence-electron chi connectivity index (χ0n) is 15.1. The molecule has 136 valence electrons. The molecule has 2 amide bonds. The highest BCUT2D eigenvalue weighted by atomic mass is 16.5. The fourth-order valence-corrected chi connectivity index (χ4v) is 3.33. The molecule has 1 aliphatic rings. The lowest BCUT2D eigenvalue weighted by molar-refractivity contribution is -0.127. The third-order valence-electron chi connectivity index (χ3n) is 4.68. The van der Waals surface area contributed by atoms with E-state index >= 15 is 0 Å². The first-order valence-electron chi connectivity index (χ1n) is 8.38. The molecular formula is C20H22N2O4. The number of benzene rings is 2. The van der Waals surface area contributed by atoms with E-state index in [4.69, 9.17) is 9.47 Å². The molecule has 1 aliphatic heterocycles. The molecule has 3 rings (SSSR count). The van der Waals surface area contributed by atoms with Gasteiger partial charge in [0.2, 0.25) is 11.8 Å². The minimum Gasteiger partial charge on any atom is -0.497 e. The molecule has 0 aliphatic carbocycles. The van der Waals surface area contributed by atoms with Crippen LogP contribution in [0.3, 0.4) is 0 Å². The minimum atomic E-state index is -0.466. The average Bonchev–Trinajstić information content (AvgIpc) is 2.97. The van der Waals surface area contributed by atoms with Crippen molar-refractivity contribution in [1.82, 2.24) is 4.90 Å². The number of hydrogen-bond acceptors (Lipinski definition) is 4. The molecule has 1 heterocycles. The summed E-state index contributed by atoms with van der Waals surface area (Å²) >= 11 is 0. The van der Waals surface area contributed by atoms with E-state index in [0.717, 1.165) is 5.56 Å². The van der Waals surface area contributed by atoms with Crippen molar-refractivity contribution in [3.05, 3.63) is 54.1 Å². The van der Waals surface area contributed by atoms with Gasteiger partial charge in [-0.1, -0.05) is 30.3 Å². The Morgan fingerprint density at radius 2 is 1.69 bits per heavy atom. The highest BCUT2D eigenvalue weighted by Crippen LogP contribution is 2.38. The third kappa shape index (κ3) is 3.49. The molecule has 2 aromatic carbocycles. The fourth-order valence-electron chi connectivity index (χ4n) is 3.33. The number of rotatable bonds is 5. The third-order valence-corrected chi connectivity index (χ3v) is 4.68. The van der Waals surface area contributed by atoms with Gasteiger partial charge < -0.3 is 19.7 Å². The Balaban J connectivity index is 1.85. The van der Waals surface area contributed by atoms with Crippen LogP contribution >= 0.6 is 0 Å². The second-order valence-electron chi connectivity index (χ2n) is 6.26. The first kappa shape index (κ1) is 17.8. The fraction of sp³-hybridized carbons (Fsp3) is 0.300. The Morgan fingerprint density at radius 3 is 2.27 bits per heavy atom. The van der Waals surface area contributed by atoms with Gasteiger partial charge in [-0.3, -0.25) is 9.59 Å². The number of anilines is 1. The van der Waals surface area contributed by atoms with E-state index in [1.165, 1.54) is 0 Å². The molecule has 0 spiro atoms. The molecule has 0 saturated carbocycles. The van der Waals surface area contributed by atoms with E-state index in [-0.39, 0.29) is 24.3 Å². The smallest absolute Gasteiger partial charge is 0.230 e. The minimum absolute atomic E-state index is 0.0396. The van der Waals surface area contributed by atoms with Crippen LogP contribution in [-0.4, -0.2) is 38.0 Å². The number of carbonyl (C=O) groups excluding carboxylic acids is 2. The van der Waals surface area contributed by atoms with Crippen LogP contribution in [0.4, 0.5) is 5.69 Å². The molecule has 0 radical (unpaired) electrons. The summed E-state index contributed by atoms with van der Waals surface area (Å²) in [4.78, 5) is 26.8. The van der Waals surface area contributed by atoms with Crippen LogP contribution < -0.4 is 14.8 Å². The Kier molecular flexibility index (Phi) is 5.11. The van der Waals surface area contributed by atoms with Gasteiger partial charge in [-0.05, 0) is 5.56 Å². The van der Waals surface area contributed by atoms with Crippen molar-refractivity contribution in [2.45, 2.75) is 12.5 Å². The van der Waals surface area contributed by atoms with E-state index in [0.29, 0.717) is 17.2 Å². The molecule has 0 bridgehead atoms. The van der Waals surface area contributed by atoms with Crippen LogP contribution in [0.5, 0.6) is 11.5 Å². The van der Waals surface area contributed by atoms with Crippen molar-refractivity contribution < 1.29 is 19.1 Å². The van der Waals surface area contributed by atoms with Gasteiger partial charge in [-0.15, -0.1) is 0 Å². The molecule has 1 N–H and O–H groups in total. The molecule has 2 atom stereocenters. The predicted molar refractivity (Wildman–Crippen MR) is 98.2 cm³/mol. The highest BCUT2D eigenvalue weighted by molar-refractivity contribution is 5.98. The van der Waals surface area contributed by atoms with Crippen LogP contribution in [0.25, 0.3) is 0 Å². The lowest BCUT2D eigenvalue weighted by Gasteiger charge is -2.25. The van der Waals surface area contributed by atoms with E-state index in [9.17, 15) is 9.59 Å². The molecule has 0 unspecified atom stereocenters. The molecule has 1 fully saturated rings. The summed E-state index contributed by atoms with van der Waals surface area (Å²) in [5.41, 5.74) is 1.52. The molecule has 26 heavy (non-hydrogen) atoms. The van der Waals surface area contributed by atoms with Crippen molar-refractivity contribution in [3.63, 3.8) is 0 Å². The van der Waals surface area contributed by atoms with Gasteiger partial charge in [-0.25, -0.2) is 0 Å². The molecule has 0 aromatic heterocycles. The number of likely N-dealkylation sites (tertiary alicyclic amines) is 1. The number of ether oxygens (including phenoxy) is 2. The highest BCUT2D eigenvalue weighted by Gasteiger charge is 2.42. The number of carbonyl (C=O) groups is 2. The summed E-state index contributed by atoms with van der Waals surface area (Å²) in [6.45, 7) is 0. The van der Waals surface area contributed by atoms with E-state index < -0.39 is 5.92 Å². The maximum Gasteiger partial charge on any atom is 0.230 e. The van der Waals surface area contributed by atoms with Gasteiger partial charge in [-0.2, -0.15) is 0 Å². The van der Waals surface area contributed by atoms with Crippen LogP contribution in [0.2, 0.25) is 0 Å². The van der Waals surface area contributed by atoms with Crippen molar-refractivity contribution in [1.29, 1.82) is 0 Å². The first-order valence-corrected chi connectivity index (χ1v) is 8.38. The van der Waals surface area contributed by atoms with Crippen LogP contribution in [0, 0.1) is 5.92 Å². The largest absolute Gasteiger partial charge is 0.497 e. The van der Waals surface area contributed by atoms with Crippen molar-refractivity contribution in [3.8, 4) is 11.5 Å². The quantitative estimate of drug-likeness (QED) is 0.896. The summed E-state index contributed by atoms with van der Waals surface area (Å²) in [5.74, 6) is 0.457. The number of nitrogens with zero attached hydrogens (tertiary/aromatic N) is 1. The summed E-state index contributed by atoms with van der Waals surface area (Å²) < 4.78 is 10.5. The Morgan fingerprint density at radius 1 is 1.08 bits per heavy atom. The Bertz CT molecular complexity index is 784. The lowest BCUT2D eigenvalue weighted by atomic mass is 9.93. The molecule has 2 aromatic rings. The van der Waals surface area contributed by atoms with Crippen LogP contribution in [-0.2, 0) is 9.59 Å². The van der Waals surface area contributed by atoms with Gasteiger partial charge in [0.05, 0.1) is 26.2 Å². The van der Waals surface area contributed by atoms with Gasteiger partial charge >= 0.3 is 0 Å². The second kappa shape index (κ2) is 7.47. The van der Waals surface area contributed by atoms with Crippen LogP contribution in [0.15, 0.2) is 48.5 Å². The number of nitrogens with one attached hydrogen (secondary N) is 1. The van der Waals surface area contributed by atoms with E-state index in [1.807, 2.05) is 30.3 Å². The maximum atomic E-state index is 12.9. The molecule has 6 heteroatoms. The lowest BCUT2D eigenvalue weighted by Crippen LogP contribution is -2.30. The Hall–Kier alpha value is -3.02. The summed E-state index contributed by atoms with van der Waals surface area (Å²) in [7, 11) is 4.84. The summed E-state index contributed by atoms with van der Waals surface area (Å²) in [6.07, 6.45) is 0.184. The monoisotopic (exact) mass is 354 g/mol. The standard InChI is InChI=1S/C20H22N2O4/c1-22-18(23)12-17(19(22)13-7-5-4-6-8-13)20(24)21-14-9-15(25-2)11-16(10-14)26-3/h4-11,17,19H,12H2,1-3H3,(H,21,24)/t17-,19-/m1/s1. The van der Waals surface area contributed by atoms with Gasteiger partial charge in [0, 0.05) is 37.4 Å². The van der Waals surface area contributed by atoms with Gasteiger partial charge in [0.1, 0.15) is 11.5 Å². The van der Waals surface area contributed by atoms with Gasteiger partial charge in [0.25, 0.3) is 0 Å². The molecule has 6 nitrogen and oxygen atoms in total. The second-order valence-corrected chi connectivity index (χ2v) is 6.26. The van der Waals surface area contributed by atoms with Crippen molar-refractivity contribution >= 4 is 17.5 Å². The zero-order chi connectivity index (χ0) is 18.7. The summed E-state index contributed by atoms with van der Waals surface area (Å²) in [6, 6.07) is 14.5. The topological polar surface area (TPSA) is 67.9 Å². The maximum absolute atomic E-state index is 12.9. The van der Waals surface area contributed by atoms with Crippen molar-refractivity contribution in [2.75, 3.05) is 26.6 Å². The predicted octanol–water partition coefficient (Wildman–Crippen LogP) is 2.86. The summed E-state index contributed by atoms with van der Waals surface area (Å²) in [5, 5.41) is 2.90. The number of methoxy groups -OCH3 is 2. The Labute approximate surface area is 152 Å². The zero-order valence-corrected chi connectivity index (χ0v) is 15.1. The number of hydrogen-bond donors (Lipinski definition) is 1. The van der Waals surface area contributed by atoms with Crippen molar-refractivity contribution in [2.24, 2.45) is 5.92 Å². The van der Waals surface area contributed by atoms with E-state index in [1.54, 1.807) is 44.4 Å². The van der Waals surface area contributed by atoms with Crippen LogP contribution in [0.1, 0.15) is 18.0 Å². The number of amides is 2. The molecule has 1 saturated heterocycles. The van der Waals surface area contributed by atoms with E-state index in [2.05, 4.69) is 5.32 Å². The normalized spacial score (nSPS) is 19.3. The first-order chi connectivity index (χ1) is 12.5. The van der Waals surface area contributed by atoms with Gasteiger partial charge in [0.15, 0.2) is 0 Å².